The molecule has 1 saturated heterocycles. The first-order valence-electron chi connectivity index (χ1n) is 9.48. The van der Waals surface area contributed by atoms with Gasteiger partial charge in [-0.3, -0.25) is 14.4 Å². The molecular weight excluding hydrogens is 330 g/mol. The third kappa shape index (κ3) is 4.42. The van der Waals surface area contributed by atoms with Gasteiger partial charge in [0.2, 0.25) is 17.7 Å². The lowest BCUT2D eigenvalue weighted by atomic mass is 9.95. The Morgan fingerprint density at radius 1 is 1.04 bits per heavy atom. The van der Waals surface area contributed by atoms with Crippen LogP contribution in [0.5, 0.6) is 0 Å². The fourth-order valence-electron chi connectivity index (χ4n) is 3.27. The van der Waals surface area contributed by atoms with Crippen molar-refractivity contribution in [3.8, 4) is 0 Å². The molecule has 1 aliphatic carbocycles. The zero-order chi connectivity index (χ0) is 18.7. The largest absolute Gasteiger partial charge is 0.342 e. The van der Waals surface area contributed by atoms with Gasteiger partial charge in [-0.1, -0.05) is 13.0 Å². The molecule has 6 heteroatoms. The maximum absolute atomic E-state index is 12.6. The second-order valence-electron chi connectivity index (χ2n) is 7.29. The van der Waals surface area contributed by atoms with E-state index in [1.165, 1.54) is 0 Å². The van der Waals surface area contributed by atoms with Crippen LogP contribution in [0.4, 0.5) is 11.4 Å². The third-order valence-corrected chi connectivity index (χ3v) is 5.20. The molecule has 1 heterocycles. The highest BCUT2D eigenvalue weighted by atomic mass is 16.2. The van der Waals surface area contributed by atoms with E-state index < -0.39 is 0 Å². The van der Waals surface area contributed by atoms with E-state index in [0.717, 1.165) is 24.1 Å². The minimum Gasteiger partial charge on any atom is -0.342 e. The second-order valence-corrected chi connectivity index (χ2v) is 7.29. The number of amides is 3. The molecule has 1 saturated carbocycles. The van der Waals surface area contributed by atoms with Gasteiger partial charge in [-0.05, 0) is 50.3 Å². The molecule has 1 aromatic carbocycles. The third-order valence-electron chi connectivity index (χ3n) is 5.20. The van der Waals surface area contributed by atoms with E-state index in [2.05, 4.69) is 10.6 Å². The number of hydrogen-bond acceptors (Lipinski definition) is 3. The number of anilines is 2. The predicted molar refractivity (Wildman–Crippen MR) is 101 cm³/mol. The minimum absolute atomic E-state index is 0.00871. The fraction of sp³-hybridized carbons (Fsp3) is 0.550. The van der Waals surface area contributed by atoms with Gasteiger partial charge < -0.3 is 15.5 Å². The average Bonchev–Trinajstić information content (AvgIpc) is 3.49. The van der Waals surface area contributed by atoms with E-state index in [0.29, 0.717) is 38.0 Å². The first-order chi connectivity index (χ1) is 12.5. The number of hydrogen-bond donors (Lipinski definition) is 2. The van der Waals surface area contributed by atoms with Crippen LogP contribution in [0.2, 0.25) is 0 Å². The maximum atomic E-state index is 12.6. The summed E-state index contributed by atoms with van der Waals surface area (Å²) < 4.78 is 0. The van der Waals surface area contributed by atoms with Crippen molar-refractivity contribution in [3.63, 3.8) is 0 Å². The van der Waals surface area contributed by atoms with Crippen LogP contribution < -0.4 is 10.6 Å². The van der Waals surface area contributed by atoms with E-state index in [-0.39, 0.29) is 29.6 Å². The molecular formula is C20H27N3O3. The highest BCUT2D eigenvalue weighted by molar-refractivity contribution is 5.95. The summed E-state index contributed by atoms with van der Waals surface area (Å²) in [5.41, 5.74) is 2.36. The number of aryl methyl sites for hydroxylation is 1. The summed E-state index contributed by atoms with van der Waals surface area (Å²) in [4.78, 5) is 38.2. The van der Waals surface area contributed by atoms with Gasteiger partial charge in [-0.15, -0.1) is 0 Å². The Morgan fingerprint density at radius 2 is 1.73 bits per heavy atom. The molecule has 2 N–H and O–H groups in total. The van der Waals surface area contributed by atoms with E-state index in [1.54, 1.807) is 13.0 Å². The number of nitrogens with zero attached hydrogens (tertiary/aromatic N) is 1. The number of benzene rings is 1. The van der Waals surface area contributed by atoms with Crippen LogP contribution in [-0.2, 0) is 14.4 Å². The Kier molecular flexibility index (Phi) is 5.59. The molecule has 3 rings (SSSR count). The molecule has 3 amide bonds. The summed E-state index contributed by atoms with van der Waals surface area (Å²) in [6, 6.07) is 5.52. The Labute approximate surface area is 154 Å². The molecule has 140 valence electrons. The normalized spacial score (nSPS) is 17.7. The molecule has 0 atom stereocenters. The predicted octanol–water partition coefficient (Wildman–Crippen LogP) is 2.93. The van der Waals surface area contributed by atoms with Crippen LogP contribution in [-0.4, -0.2) is 35.7 Å². The zero-order valence-electron chi connectivity index (χ0n) is 15.5. The molecule has 0 spiro atoms. The number of likely N-dealkylation sites (tertiary alicyclic amines) is 1. The zero-order valence-corrected chi connectivity index (χ0v) is 15.5. The number of piperidine rings is 1. The van der Waals surface area contributed by atoms with Crippen molar-refractivity contribution in [1.82, 2.24) is 4.90 Å². The molecule has 0 aromatic heterocycles. The Bertz CT molecular complexity index is 704. The van der Waals surface area contributed by atoms with Crippen molar-refractivity contribution in [2.24, 2.45) is 11.8 Å². The maximum Gasteiger partial charge on any atom is 0.227 e. The van der Waals surface area contributed by atoms with Gasteiger partial charge in [0.25, 0.3) is 0 Å². The van der Waals surface area contributed by atoms with Gasteiger partial charge in [0.05, 0.1) is 0 Å². The number of rotatable bonds is 5. The highest BCUT2D eigenvalue weighted by Gasteiger charge is 2.36. The van der Waals surface area contributed by atoms with Gasteiger partial charge in [-0.2, -0.15) is 0 Å². The van der Waals surface area contributed by atoms with Crippen molar-refractivity contribution < 1.29 is 14.4 Å². The van der Waals surface area contributed by atoms with Gasteiger partial charge in [0.1, 0.15) is 0 Å². The van der Waals surface area contributed by atoms with Crippen molar-refractivity contribution in [3.05, 3.63) is 23.8 Å². The minimum atomic E-state index is -0.0773. The Hall–Kier alpha value is -2.37. The van der Waals surface area contributed by atoms with Gasteiger partial charge >= 0.3 is 0 Å². The van der Waals surface area contributed by atoms with Crippen molar-refractivity contribution in [2.45, 2.75) is 46.0 Å². The SMILES string of the molecule is CCC(=O)Nc1ccc(C)c(NC(=O)C2CCN(C(=O)C3CC3)CC2)c1. The first kappa shape index (κ1) is 18.4. The van der Waals surface area contributed by atoms with Crippen molar-refractivity contribution in [1.29, 1.82) is 0 Å². The Morgan fingerprint density at radius 3 is 2.35 bits per heavy atom. The molecule has 6 nitrogen and oxygen atoms in total. The molecule has 1 aliphatic heterocycles. The van der Waals surface area contributed by atoms with Crippen LogP contribution in [0.1, 0.15) is 44.6 Å². The molecule has 2 fully saturated rings. The summed E-state index contributed by atoms with van der Waals surface area (Å²) in [6.45, 7) is 5.06. The fourth-order valence-corrected chi connectivity index (χ4v) is 3.27. The van der Waals surface area contributed by atoms with Crippen LogP contribution in [0, 0.1) is 18.8 Å². The Balaban J connectivity index is 1.57. The topological polar surface area (TPSA) is 78.5 Å². The smallest absolute Gasteiger partial charge is 0.227 e. The van der Waals surface area contributed by atoms with E-state index in [4.69, 9.17) is 0 Å². The molecule has 26 heavy (non-hydrogen) atoms. The highest BCUT2D eigenvalue weighted by Crippen LogP contribution is 2.32. The molecule has 1 aromatic rings. The van der Waals surface area contributed by atoms with Crippen LogP contribution in [0.3, 0.4) is 0 Å². The lowest BCUT2D eigenvalue weighted by Crippen LogP contribution is -2.42. The van der Waals surface area contributed by atoms with Crippen LogP contribution >= 0.6 is 0 Å². The molecule has 0 bridgehead atoms. The van der Waals surface area contributed by atoms with Gasteiger partial charge in [0.15, 0.2) is 0 Å². The number of carbonyl (C=O) groups is 3. The van der Waals surface area contributed by atoms with Gasteiger partial charge in [-0.25, -0.2) is 0 Å². The number of nitrogens with one attached hydrogen (secondary N) is 2. The summed E-state index contributed by atoms with van der Waals surface area (Å²) >= 11 is 0. The summed E-state index contributed by atoms with van der Waals surface area (Å²) in [5, 5.41) is 5.81. The summed E-state index contributed by atoms with van der Waals surface area (Å²) in [6.07, 6.45) is 3.85. The van der Waals surface area contributed by atoms with Gasteiger partial charge in [0, 0.05) is 42.7 Å². The van der Waals surface area contributed by atoms with Crippen LogP contribution in [0.25, 0.3) is 0 Å². The quantitative estimate of drug-likeness (QED) is 0.850. The standard InChI is InChI=1S/C20H27N3O3/c1-3-18(24)21-16-7-4-13(2)17(12-16)22-19(25)14-8-10-23(11-9-14)20(26)15-5-6-15/h4,7,12,14-15H,3,5-6,8-11H2,1-2H3,(H,21,24)(H,22,25). The van der Waals surface area contributed by atoms with Crippen molar-refractivity contribution >= 4 is 29.1 Å². The van der Waals surface area contributed by atoms with E-state index >= 15 is 0 Å². The lowest BCUT2D eigenvalue weighted by molar-refractivity contribution is -0.135. The molecule has 0 unspecified atom stereocenters. The summed E-state index contributed by atoms with van der Waals surface area (Å²) in [5.74, 6) is 0.360. The molecule has 2 aliphatic rings. The summed E-state index contributed by atoms with van der Waals surface area (Å²) in [7, 11) is 0. The lowest BCUT2D eigenvalue weighted by Gasteiger charge is -2.31. The molecule has 0 radical (unpaired) electrons. The van der Waals surface area contributed by atoms with Crippen molar-refractivity contribution in [2.75, 3.05) is 23.7 Å². The van der Waals surface area contributed by atoms with E-state index in [9.17, 15) is 14.4 Å². The second kappa shape index (κ2) is 7.89. The first-order valence-corrected chi connectivity index (χ1v) is 9.48. The van der Waals surface area contributed by atoms with Crippen LogP contribution in [0.15, 0.2) is 18.2 Å². The monoisotopic (exact) mass is 357 g/mol. The average molecular weight is 357 g/mol. The van der Waals surface area contributed by atoms with E-state index in [1.807, 2.05) is 24.0 Å². The number of carbonyl (C=O) groups excluding carboxylic acids is 3.